The molecule has 1 rings (SSSR count). The van der Waals surface area contributed by atoms with Crippen molar-refractivity contribution in [2.45, 2.75) is 12.5 Å². The SMILES string of the molecule is COCC1(C)NC(=O)NC1=O. The number of hydrogen-bond donors (Lipinski definition) is 2. The van der Waals surface area contributed by atoms with Gasteiger partial charge in [-0.15, -0.1) is 0 Å². The Hall–Kier alpha value is -1.10. The highest BCUT2D eigenvalue weighted by Crippen LogP contribution is 2.08. The number of carbonyl (C=O) groups excluding carboxylic acids is 2. The third kappa shape index (κ3) is 1.32. The topological polar surface area (TPSA) is 67.4 Å². The molecule has 0 aromatic carbocycles. The molecule has 1 fully saturated rings. The summed E-state index contributed by atoms with van der Waals surface area (Å²) in [5.74, 6) is -0.343. The van der Waals surface area contributed by atoms with E-state index in [1.54, 1.807) is 6.92 Å². The molecule has 5 heteroatoms. The van der Waals surface area contributed by atoms with Crippen molar-refractivity contribution in [2.24, 2.45) is 0 Å². The fourth-order valence-electron chi connectivity index (χ4n) is 0.970. The zero-order chi connectivity index (χ0) is 8.48. The number of rotatable bonds is 2. The second kappa shape index (κ2) is 2.50. The van der Waals surface area contributed by atoms with Crippen LogP contribution in [0.5, 0.6) is 0 Å². The first-order chi connectivity index (χ1) is 5.08. The predicted octanol–water partition coefficient (Wildman–Crippen LogP) is -0.769. The fraction of sp³-hybridized carbons (Fsp3) is 0.667. The average molecular weight is 158 g/mol. The van der Waals surface area contributed by atoms with Gasteiger partial charge in [0.25, 0.3) is 5.91 Å². The minimum Gasteiger partial charge on any atom is -0.382 e. The number of imide groups is 1. The first-order valence-corrected chi connectivity index (χ1v) is 3.21. The first-order valence-electron chi connectivity index (χ1n) is 3.21. The number of nitrogens with one attached hydrogen (secondary N) is 2. The minimum absolute atomic E-state index is 0.185. The van der Waals surface area contributed by atoms with Crippen molar-refractivity contribution in [3.8, 4) is 0 Å². The van der Waals surface area contributed by atoms with Crippen molar-refractivity contribution < 1.29 is 14.3 Å². The van der Waals surface area contributed by atoms with Gasteiger partial charge >= 0.3 is 6.03 Å². The second-order valence-corrected chi connectivity index (χ2v) is 2.67. The molecule has 0 radical (unpaired) electrons. The second-order valence-electron chi connectivity index (χ2n) is 2.67. The van der Waals surface area contributed by atoms with Gasteiger partial charge in [-0.1, -0.05) is 0 Å². The smallest absolute Gasteiger partial charge is 0.322 e. The molecule has 62 valence electrons. The van der Waals surface area contributed by atoms with Gasteiger partial charge in [-0.2, -0.15) is 0 Å². The molecular weight excluding hydrogens is 148 g/mol. The Bertz CT molecular complexity index is 204. The molecule has 11 heavy (non-hydrogen) atoms. The van der Waals surface area contributed by atoms with Crippen molar-refractivity contribution in [3.63, 3.8) is 0 Å². The Morgan fingerprint density at radius 2 is 2.18 bits per heavy atom. The summed E-state index contributed by atoms with van der Waals surface area (Å²) in [5, 5.41) is 4.58. The predicted molar refractivity (Wildman–Crippen MR) is 37.0 cm³/mol. The molecule has 1 unspecified atom stereocenters. The molecule has 1 saturated heterocycles. The van der Waals surface area contributed by atoms with E-state index in [9.17, 15) is 9.59 Å². The van der Waals surface area contributed by atoms with Gasteiger partial charge in [-0.25, -0.2) is 4.79 Å². The number of carbonyl (C=O) groups is 2. The van der Waals surface area contributed by atoms with Gasteiger partial charge in [0.05, 0.1) is 6.61 Å². The van der Waals surface area contributed by atoms with Crippen LogP contribution in [-0.2, 0) is 9.53 Å². The Morgan fingerprint density at radius 3 is 2.55 bits per heavy atom. The summed E-state index contributed by atoms with van der Waals surface area (Å²) >= 11 is 0. The molecule has 1 aliphatic heterocycles. The summed E-state index contributed by atoms with van der Waals surface area (Å²) in [6.07, 6.45) is 0. The molecule has 0 aromatic rings. The van der Waals surface area contributed by atoms with Crippen molar-refractivity contribution in [1.29, 1.82) is 0 Å². The van der Waals surface area contributed by atoms with Crippen LogP contribution < -0.4 is 10.6 Å². The maximum Gasteiger partial charge on any atom is 0.322 e. The minimum atomic E-state index is -0.897. The third-order valence-corrected chi connectivity index (χ3v) is 1.55. The van der Waals surface area contributed by atoms with Gasteiger partial charge in [0.1, 0.15) is 5.54 Å². The summed E-state index contributed by atoms with van der Waals surface area (Å²) < 4.78 is 4.77. The van der Waals surface area contributed by atoms with Crippen molar-refractivity contribution in [3.05, 3.63) is 0 Å². The molecule has 1 heterocycles. The number of methoxy groups -OCH3 is 1. The van der Waals surface area contributed by atoms with Crippen LogP contribution in [0, 0.1) is 0 Å². The lowest BCUT2D eigenvalue weighted by molar-refractivity contribution is -0.125. The van der Waals surface area contributed by atoms with Crippen LogP contribution in [0.2, 0.25) is 0 Å². The summed E-state index contributed by atoms with van der Waals surface area (Å²) in [4.78, 5) is 21.7. The van der Waals surface area contributed by atoms with Gasteiger partial charge in [0.15, 0.2) is 0 Å². The number of ether oxygens (including phenoxy) is 1. The zero-order valence-electron chi connectivity index (χ0n) is 6.43. The first kappa shape index (κ1) is 8.00. The monoisotopic (exact) mass is 158 g/mol. The Kier molecular flexibility index (Phi) is 1.82. The van der Waals surface area contributed by atoms with E-state index in [1.807, 2.05) is 0 Å². The number of hydrogen-bond acceptors (Lipinski definition) is 3. The maximum absolute atomic E-state index is 11.0. The standard InChI is InChI=1S/C6H10N2O3/c1-6(3-11-2)4(9)7-5(10)8-6/h3H2,1-2H3,(H2,7,8,9,10). The lowest BCUT2D eigenvalue weighted by atomic mass is 10.1. The van der Waals surface area contributed by atoms with Crippen LogP contribution in [0.4, 0.5) is 4.79 Å². The summed E-state index contributed by atoms with van der Waals surface area (Å²) in [6.45, 7) is 1.79. The average Bonchev–Trinajstić information content (AvgIpc) is 2.08. The van der Waals surface area contributed by atoms with E-state index in [2.05, 4.69) is 10.6 Å². The van der Waals surface area contributed by atoms with E-state index >= 15 is 0 Å². The van der Waals surface area contributed by atoms with Crippen molar-refractivity contribution in [2.75, 3.05) is 13.7 Å². The molecule has 1 aliphatic rings. The molecule has 0 bridgehead atoms. The summed E-state index contributed by atoms with van der Waals surface area (Å²) in [6, 6.07) is -0.463. The Morgan fingerprint density at radius 1 is 1.55 bits per heavy atom. The van der Waals surface area contributed by atoms with Crippen LogP contribution >= 0.6 is 0 Å². The summed E-state index contributed by atoms with van der Waals surface area (Å²) in [7, 11) is 1.48. The van der Waals surface area contributed by atoms with Crippen LogP contribution in [-0.4, -0.2) is 31.2 Å². The van der Waals surface area contributed by atoms with Gasteiger partial charge in [0, 0.05) is 7.11 Å². The Labute approximate surface area is 64.1 Å². The largest absolute Gasteiger partial charge is 0.382 e. The molecule has 2 N–H and O–H groups in total. The van der Waals surface area contributed by atoms with E-state index < -0.39 is 11.6 Å². The molecule has 0 aliphatic carbocycles. The molecule has 0 saturated carbocycles. The quantitative estimate of drug-likeness (QED) is 0.518. The van der Waals surface area contributed by atoms with Gasteiger partial charge < -0.3 is 10.1 Å². The van der Waals surface area contributed by atoms with E-state index in [0.29, 0.717) is 0 Å². The lowest BCUT2D eigenvalue weighted by Crippen LogP contribution is -2.47. The van der Waals surface area contributed by atoms with Crippen LogP contribution in [0.25, 0.3) is 0 Å². The number of amides is 3. The van der Waals surface area contributed by atoms with Gasteiger partial charge in [-0.3, -0.25) is 10.1 Å². The highest BCUT2D eigenvalue weighted by atomic mass is 16.5. The lowest BCUT2D eigenvalue weighted by Gasteiger charge is -2.18. The highest BCUT2D eigenvalue weighted by Gasteiger charge is 2.41. The van der Waals surface area contributed by atoms with Crippen LogP contribution in [0.1, 0.15) is 6.92 Å². The van der Waals surface area contributed by atoms with E-state index in [0.717, 1.165) is 0 Å². The van der Waals surface area contributed by atoms with E-state index in [1.165, 1.54) is 7.11 Å². The molecule has 3 amide bonds. The summed E-state index contributed by atoms with van der Waals surface area (Å²) in [5.41, 5.74) is -0.897. The molecule has 5 nitrogen and oxygen atoms in total. The maximum atomic E-state index is 11.0. The third-order valence-electron chi connectivity index (χ3n) is 1.55. The molecule has 1 atom stereocenters. The van der Waals surface area contributed by atoms with Gasteiger partial charge in [-0.05, 0) is 6.92 Å². The molecule has 0 aromatic heterocycles. The van der Waals surface area contributed by atoms with Crippen molar-refractivity contribution in [1.82, 2.24) is 10.6 Å². The number of urea groups is 1. The molecule has 0 spiro atoms. The van der Waals surface area contributed by atoms with Crippen LogP contribution in [0.15, 0.2) is 0 Å². The molecular formula is C6H10N2O3. The van der Waals surface area contributed by atoms with E-state index in [-0.39, 0.29) is 12.5 Å². The van der Waals surface area contributed by atoms with Crippen molar-refractivity contribution >= 4 is 11.9 Å². The van der Waals surface area contributed by atoms with Crippen LogP contribution in [0.3, 0.4) is 0 Å². The zero-order valence-corrected chi connectivity index (χ0v) is 6.43. The van der Waals surface area contributed by atoms with Gasteiger partial charge in [0.2, 0.25) is 0 Å². The van der Waals surface area contributed by atoms with E-state index in [4.69, 9.17) is 4.74 Å². The Balaban J connectivity index is 2.70. The highest BCUT2D eigenvalue weighted by molar-refractivity contribution is 6.06. The fourth-order valence-corrected chi connectivity index (χ4v) is 0.970. The normalized spacial score (nSPS) is 30.0.